The Bertz CT molecular complexity index is 978. The van der Waals surface area contributed by atoms with Crippen LogP contribution in [-0.2, 0) is 12.0 Å². The number of hydrogen-bond donors (Lipinski definition) is 1. The van der Waals surface area contributed by atoms with Gasteiger partial charge < -0.3 is 0 Å². The average molecular weight is 388 g/mol. The van der Waals surface area contributed by atoms with Crippen molar-refractivity contribution in [2.75, 3.05) is 13.1 Å². The number of H-pyrrole nitrogens is 1. The maximum Gasteiger partial charge on any atom is 0.274 e. The van der Waals surface area contributed by atoms with Crippen molar-refractivity contribution >= 4 is 18.2 Å². The molecule has 0 atom stereocenters. The number of likely N-dealkylation sites (tertiary alicyclic amines) is 1. The molecule has 144 valence electrons. The highest BCUT2D eigenvalue weighted by Gasteiger charge is 2.16. The lowest BCUT2D eigenvalue weighted by molar-refractivity contribution is 0.327. The molecule has 0 spiro atoms. The number of rotatable bonds is 3. The molecule has 0 unspecified atom stereocenters. The number of nitrogens with one attached hydrogen (secondary N) is 1. The highest BCUT2D eigenvalue weighted by molar-refractivity contribution is 5.85. The summed E-state index contributed by atoms with van der Waals surface area (Å²) in [6.45, 7) is 9.44. The van der Waals surface area contributed by atoms with Crippen LogP contribution >= 0.6 is 12.4 Å². The summed E-state index contributed by atoms with van der Waals surface area (Å²) in [7, 11) is 0. The molecule has 0 bridgehead atoms. The molecule has 3 heterocycles. The van der Waals surface area contributed by atoms with Crippen LogP contribution in [0.3, 0.4) is 0 Å². The van der Waals surface area contributed by atoms with E-state index < -0.39 is 0 Å². The van der Waals surface area contributed by atoms with E-state index in [4.69, 9.17) is 0 Å². The van der Waals surface area contributed by atoms with Crippen LogP contribution < -0.4 is 5.56 Å². The molecule has 7 heteroatoms. The first-order chi connectivity index (χ1) is 12.4. The SMILES string of the molecule is CC(C)(C)c1ccc(-c2nc3nc(CN4CCCC4)cc(=O)n3[nH]2)cc1.Cl. The molecule has 1 fully saturated rings. The van der Waals surface area contributed by atoms with E-state index in [9.17, 15) is 4.79 Å². The zero-order valence-corrected chi connectivity index (χ0v) is 16.8. The van der Waals surface area contributed by atoms with Gasteiger partial charge in [0.15, 0.2) is 5.82 Å². The number of aromatic amines is 1. The van der Waals surface area contributed by atoms with Gasteiger partial charge in [-0.15, -0.1) is 12.4 Å². The molecule has 1 aromatic carbocycles. The van der Waals surface area contributed by atoms with Gasteiger partial charge in [0.1, 0.15) is 0 Å². The first kappa shape index (κ1) is 19.6. The lowest BCUT2D eigenvalue weighted by Crippen LogP contribution is -2.22. The highest BCUT2D eigenvalue weighted by atomic mass is 35.5. The average Bonchev–Trinajstić information content (AvgIpc) is 3.24. The van der Waals surface area contributed by atoms with Crippen molar-refractivity contribution in [3.63, 3.8) is 0 Å². The van der Waals surface area contributed by atoms with Crippen LogP contribution in [0.2, 0.25) is 0 Å². The minimum Gasteiger partial charge on any atom is -0.298 e. The van der Waals surface area contributed by atoms with E-state index in [-0.39, 0.29) is 23.4 Å². The van der Waals surface area contributed by atoms with E-state index in [1.807, 2.05) is 12.1 Å². The zero-order valence-electron chi connectivity index (χ0n) is 16.0. The van der Waals surface area contributed by atoms with Gasteiger partial charge in [0, 0.05) is 18.2 Å². The van der Waals surface area contributed by atoms with Crippen molar-refractivity contribution in [2.45, 2.75) is 45.6 Å². The van der Waals surface area contributed by atoms with Gasteiger partial charge in [0.2, 0.25) is 0 Å². The monoisotopic (exact) mass is 387 g/mol. The van der Waals surface area contributed by atoms with Gasteiger partial charge in [-0.1, -0.05) is 45.0 Å². The van der Waals surface area contributed by atoms with Crippen LogP contribution in [0.4, 0.5) is 0 Å². The van der Waals surface area contributed by atoms with Crippen LogP contribution in [0.5, 0.6) is 0 Å². The lowest BCUT2D eigenvalue weighted by atomic mass is 9.87. The Balaban J connectivity index is 0.00000210. The maximum atomic E-state index is 12.4. The van der Waals surface area contributed by atoms with Gasteiger partial charge in [0.05, 0.1) is 5.69 Å². The third-order valence-corrected chi connectivity index (χ3v) is 4.99. The maximum absolute atomic E-state index is 12.4. The largest absolute Gasteiger partial charge is 0.298 e. The summed E-state index contributed by atoms with van der Waals surface area (Å²) >= 11 is 0. The molecule has 4 rings (SSSR count). The van der Waals surface area contributed by atoms with Gasteiger partial charge in [-0.2, -0.15) is 9.50 Å². The number of aromatic nitrogens is 4. The number of halogens is 1. The molecule has 0 saturated carbocycles. The predicted octanol–water partition coefficient (Wildman–Crippen LogP) is 3.40. The summed E-state index contributed by atoms with van der Waals surface area (Å²) in [6, 6.07) is 9.90. The Morgan fingerprint density at radius 1 is 1.07 bits per heavy atom. The zero-order chi connectivity index (χ0) is 18.3. The van der Waals surface area contributed by atoms with Crippen molar-refractivity contribution in [2.24, 2.45) is 0 Å². The standard InChI is InChI=1S/C20H25N5O.ClH/c1-20(2,3)15-8-6-14(7-9-15)18-22-19-21-16(12-17(26)25(19)23-18)13-24-10-4-5-11-24;/h6-9,12H,4-5,10-11,13H2,1-3H3,(H,21,22,23);1H. The predicted molar refractivity (Wildman–Crippen MR) is 110 cm³/mol. The molecule has 6 nitrogen and oxygen atoms in total. The molecule has 1 aliphatic rings. The summed E-state index contributed by atoms with van der Waals surface area (Å²) in [5.41, 5.74) is 2.99. The van der Waals surface area contributed by atoms with E-state index >= 15 is 0 Å². The molecule has 3 aromatic rings. The quantitative estimate of drug-likeness (QED) is 0.748. The summed E-state index contributed by atoms with van der Waals surface area (Å²) < 4.78 is 1.42. The number of fused-ring (bicyclic) bond motifs is 1. The summed E-state index contributed by atoms with van der Waals surface area (Å²) in [5, 5.41) is 3.08. The van der Waals surface area contributed by atoms with Crippen LogP contribution in [0.15, 0.2) is 35.1 Å². The summed E-state index contributed by atoms with van der Waals surface area (Å²) in [6.07, 6.45) is 2.44. The van der Waals surface area contributed by atoms with Gasteiger partial charge in [0.25, 0.3) is 11.3 Å². The Labute approximate surface area is 165 Å². The minimum absolute atomic E-state index is 0. The molecule has 1 N–H and O–H groups in total. The Hall–Kier alpha value is -2.18. The van der Waals surface area contributed by atoms with Crippen molar-refractivity contribution in [3.8, 4) is 11.4 Å². The molecule has 0 aliphatic carbocycles. The number of nitrogens with zero attached hydrogens (tertiary/aromatic N) is 4. The molecule has 2 aromatic heterocycles. The lowest BCUT2D eigenvalue weighted by Gasteiger charge is -2.18. The Kier molecular flexibility index (Phi) is 5.40. The normalized spacial score (nSPS) is 15.2. The Morgan fingerprint density at radius 3 is 2.37 bits per heavy atom. The van der Waals surface area contributed by atoms with E-state index in [0.717, 1.165) is 24.3 Å². The van der Waals surface area contributed by atoms with E-state index in [2.05, 4.69) is 52.9 Å². The molecular formula is C20H26ClN5O. The molecule has 1 saturated heterocycles. The topological polar surface area (TPSA) is 66.3 Å². The van der Waals surface area contributed by atoms with E-state index in [1.54, 1.807) is 6.07 Å². The highest BCUT2D eigenvalue weighted by Crippen LogP contribution is 2.24. The fourth-order valence-corrected chi connectivity index (χ4v) is 3.44. The first-order valence-corrected chi connectivity index (χ1v) is 9.22. The number of benzene rings is 1. The molecular weight excluding hydrogens is 362 g/mol. The van der Waals surface area contributed by atoms with Gasteiger partial charge in [-0.05, 0) is 36.9 Å². The van der Waals surface area contributed by atoms with Gasteiger partial charge in [-0.3, -0.25) is 14.8 Å². The second-order valence-corrected chi connectivity index (χ2v) is 8.10. The molecule has 1 aliphatic heterocycles. The van der Waals surface area contributed by atoms with Gasteiger partial charge >= 0.3 is 0 Å². The summed E-state index contributed by atoms with van der Waals surface area (Å²) in [5.74, 6) is 1.09. The summed E-state index contributed by atoms with van der Waals surface area (Å²) in [4.78, 5) is 23.9. The molecule has 27 heavy (non-hydrogen) atoms. The van der Waals surface area contributed by atoms with Crippen LogP contribution in [-0.4, -0.2) is 37.6 Å². The number of hydrogen-bond acceptors (Lipinski definition) is 4. The van der Waals surface area contributed by atoms with Crippen molar-refractivity contribution in [3.05, 3.63) is 51.9 Å². The second-order valence-electron chi connectivity index (χ2n) is 8.10. The van der Waals surface area contributed by atoms with Crippen molar-refractivity contribution < 1.29 is 0 Å². The van der Waals surface area contributed by atoms with Crippen LogP contribution in [0.1, 0.15) is 44.9 Å². The van der Waals surface area contributed by atoms with Crippen molar-refractivity contribution in [1.82, 2.24) is 24.5 Å². The van der Waals surface area contributed by atoms with Crippen LogP contribution in [0.25, 0.3) is 17.2 Å². The molecule has 0 radical (unpaired) electrons. The Morgan fingerprint density at radius 2 is 1.74 bits per heavy atom. The molecule has 0 amide bonds. The van der Waals surface area contributed by atoms with Gasteiger partial charge in [-0.25, -0.2) is 4.98 Å². The third kappa shape index (κ3) is 4.06. The second kappa shape index (κ2) is 7.44. The smallest absolute Gasteiger partial charge is 0.274 e. The fourth-order valence-electron chi connectivity index (χ4n) is 3.44. The van der Waals surface area contributed by atoms with E-state index in [0.29, 0.717) is 18.1 Å². The fraction of sp³-hybridized carbons (Fsp3) is 0.450. The third-order valence-electron chi connectivity index (χ3n) is 4.99. The van der Waals surface area contributed by atoms with E-state index in [1.165, 1.54) is 22.9 Å². The van der Waals surface area contributed by atoms with Crippen molar-refractivity contribution in [1.29, 1.82) is 0 Å². The first-order valence-electron chi connectivity index (χ1n) is 9.22. The minimum atomic E-state index is -0.116. The van der Waals surface area contributed by atoms with Crippen LogP contribution in [0, 0.1) is 0 Å².